The molecule has 1 N–H and O–H groups in total. The van der Waals surface area contributed by atoms with Gasteiger partial charge in [-0.15, -0.1) is 0 Å². The second-order valence-electron chi connectivity index (χ2n) is 5.52. The number of fused-ring (bicyclic) bond motifs is 1. The molecule has 0 fully saturated rings. The Labute approximate surface area is 155 Å². The highest BCUT2D eigenvalue weighted by molar-refractivity contribution is 7.99. The molecule has 10 heteroatoms. The van der Waals surface area contributed by atoms with Gasteiger partial charge in [0.2, 0.25) is 22.7 Å². The number of sulfonamides is 1. The maximum absolute atomic E-state index is 12.1. The van der Waals surface area contributed by atoms with E-state index in [4.69, 9.17) is 9.47 Å². The average Bonchev–Trinajstić information content (AvgIpc) is 3.08. The Balaban J connectivity index is 1.56. The van der Waals surface area contributed by atoms with Crippen molar-refractivity contribution in [2.45, 2.75) is 9.92 Å². The molecule has 1 aromatic carbocycles. The molecule has 0 spiro atoms. The fraction of sp³-hybridized carbons (Fsp3) is 0.250. The summed E-state index contributed by atoms with van der Waals surface area (Å²) in [6.07, 6.45) is 1.29. The number of amides is 1. The quantitative estimate of drug-likeness (QED) is 0.745. The number of nitrogens with zero attached hydrogens (tertiary/aromatic N) is 2. The van der Waals surface area contributed by atoms with Crippen molar-refractivity contribution in [2.75, 3.05) is 32.0 Å². The van der Waals surface area contributed by atoms with Gasteiger partial charge in [-0.3, -0.25) is 4.79 Å². The molecule has 0 saturated carbocycles. The van der Waals surface area contributed by atoms with Crippen LogP contribution < -0.4 is 14.8 Å². The molecule has 2 aromatic rings. The maximum Gasteiger partial charge on any atom is 0.244 e. The summed E-state index contributed by atoms with van der Waals surface area (Å²) >= 11 is 1.21. The number of aromatic nitrogens is 1. The van der Waals surface area contributed by atoms with Crippen molar-refractivity contribution in [1.82, 2.24) is 9.29 Å². The lowest BCUT2D eigenvalue weighted by molar-refractivity contribution is -0.113. The Bertz CT molecular complexity index is 914. The monoisotopic (exact) mass is 395 g/mol. The highest BCUT2D eigenvalue weighted by Crippen LogP contribution is 2.34. The number of nitrogens with one attached hydrogen (secondary N) is 1. The van der Waals surface area contributed by atoms with Crippen LogP contribution in [0.3, 0.4) is 0 Å². The van der Waals surface area contributed by atoms with Gasteiger partial charge in [-0.25, -0.2) is 17.7 Å². The molecular weight excluding hydrogens is 378 g/mol. The summed E-state index contributed by atoms with van der Waals surface area (Å²) < 4.78 is 35.6. The first-order valence-electron chi connectivity index (χ1n) is 7.57. The topological polar surface area (TPSA) is 97.8 Å². The lowest BCUT2D eigenvalue weighted by Gasteiger charge is -2.11. The van der Waals surface area contributed by atoms with Crippen LogP contribution in [0.4, 0.5) is 5.69 Å². The largest absolute Gasteiger partial charge is 0.454 e. The summed E-state index contributed by atoms with van der Waals surface area (Å²) in [5.41, 5.74) is 0.611. The fourth-order valence-corrected chi connectivity index (χ4v) is 3.62. The molecule has 138 valence electrons. The Hall–Kier alpha value is -2.30. The molecule has 3 rings (SSSR count). The zero-order chi connectivity index (χ0) is 18.7. The van der Waals surface area contributed by atoms with Gasteiger partial charge in [0.15, 0.2) is 11.5 Å². The highest BCUT2D eigenvalue weighted by Gasteiger charge is 2.18. The number of hydrogen-bond acceptors (Lipinski definition) is 7. The molecule has 0 aliphatic carbocycles. The number of carbonyl (C=O) groups is 1. The van der Waals surface area contributed by atoms with E-state index in [-0.39, 0.29) is 23.3 Å². The molecular formula is C16H17N3O5S2. The first kappa shape index (κ1) is 18.5. The lowest BCUT2D eigenvalue weighted by Crippen LogP contribution is -2.22. The molecule has 0 saturated heterocycles. The van der Waals surface area contributed by atoms with Crippen molar-refractivity contribution in [3.63, 3.8) is 0 Å². The van der Waals surface area contributed by atoms with E-state index in [2.05, 4.69) is 10.3 Å². The molecule has 1 aliphatic heterocycles. The first-order chi connectivity index (χ1) is 12.4. The number of pyridine rings is 1. The van der Waals surface area contributed by atoms with Crippen LogP contribution in [0.1, 0.15) is 0 Å². The maximum atomic E-state index is 12.1. The number of benzene rings is 1. The van der Waals surface area contributed by atoms with E-state index in [0.29, 0.717) is 22.2 Å². The Kier molecular flexibility index (Phi) is 5.35. The third-order valence-electron chi connectivity index (χ3n) is 3.50. The second kappa shape index (κ2) is 7.52. The molecule has 1 amide bonds. The van der Waals surface area contributed by atoms with Gasteiger partial charge in [0.1, 0.15) is 4.90 Å². The molecule has 2 heterocycles. The molecule has 0 radical (unpaired) electrons. The molecule has 1 aliphatic rings. The molecule has 0 bridgehead atoms. The van der Waals surface area contributed by atoms with Crippen LogP contribution in [0.2, 0.25) is 0 Å². The summed E-state index contributed by atoms with van der Waals surface area (Å²) in [5, 5.41) is 3.33. The zero-order valence-corrected chi connectivity index (χ0v) is 15.8. The number of ether oxygens (including phenoxy) is 2. The number of thioether (sulfide) groups is 1. The SMILES string of the molecule is CN(C)S(=O)(=O)c1ccc(SCC(=O)Nc2ccc3c(c2)OCO3)nc1. The van der Waals surface area contributed by atoms with Gasteiger partial charge in [-0.1, -0.05) is 11.8 Å². The Morgan fingerprint density at radius 2 is 2.00 bits per heavy atom. The first-order valence-corrected chi connectivity index (χ1v) is 10.00. The molecule has 0 atom stereocenters. The Morgan fingerprint density at radius 1 is 1.23 bits per heavy atom. The van der Waals surface area contributed by atoms with Crippen LogP contribution in [-0.4, -0.2) is 50.3 Å². The van der Waals surface area contributed by atoms with Crippen molar-refractivity contribution in [3.8, 4) is 11.5 Å². The van der Waals surface area contributed by atoms with Crippen molar-refractivity contribution in [2.24, 2.45) is 0 Å². The van der Waals surface area contributed by atoms with Gasteiger partial charge in [-0.05, 0) is 24.3 Å². The lowest BCUT2D eigenvalue weighted by atomic mass is 10.3. The zero-order valence-electron chi connectivity index (χ0n) is 14.1. The minimum absolute atomic E-state index is 0.108. The average molecular weight is 395 g/mol. The van der Waals surface area contributed by atoms with Crippen LogP contribution >= 0.6 is 11.8 Å². The summed E-state index contributed by atoms with van der Waals surface area (Å²) in [6, 6.07) is 8.21. The Morgan fingerprint density at radius 3 is 2.69 bits per heavy atom. The van der Waals surface area contributed by atoms with E-state index in [0.717, 1.165) is 4.31 Å². The predicted octanol–water partition coefficient (Wildman–Crippen LogP) is 1.79. The van der Waals surface area contributed by atoms with Gasteiger partial charge < -0.3 is 14.8 Å². The molecule has 26 heavy (non-hydrogen) atoms. The number of carbonyl (C=O) groups excluding carboxylic acids is 1. The third-order valence-corrected chi connectivity index (χ3v) is 6.24. The van der Waals surface area contributed by atoms with Gasteiger partial charge in [0.25, 0.3) is 0 Å². The van der Waals surface area contributed by atoms with E-state index in [9.17, 15) is 13.2 Å². The summed E-state index contributed by atoms with van der Waals surface area (Å²) in [6.45, 7) is 0.174. The second-order valence-corrected chi connectivity index (χ2v) is 8.67. The standard InChI is InChI=1S/C16H17N3O5S2/c1-19(2)26(21,22)12-4-6-16(17-8-12)25-9-15(20)18-11-3-5-13-14(7-11)24-10-23-13/h3-8H,9-10H2,1-2H3,(H,18,20). The van der Waals surface area contributed by atoms with E-state index in [1.165, 1.54) is 38.1 Å². The molecule has 1 aromatic heterocycles. The van der Waals surface area contributed by atoms with Crippen LogP contribution in [0.5, 0.6) is 11.5 Å². The van der Waals surface area contributed by atoms with Crippen molar-refractivity contribution >= 4 is 33.4 Å². The molecule has 8 nitrogen and oxygen atoms in total. The van der Waals surface area contributed by atoms with E-state index in [1.807, 2.05) is 0 Å². The minimum atomic E-state index is -3.51. The number of hydrogen-bond donors (Lipinski definition) is 1. The summed E-state index contributed by atoms with van der Waals surface area (Å²) in [5.74, 6) is 1.17. The highest BCUT2D eigenvalue weighted by atomic mass is 32.2. The van der Waals surface area contributed by atoms with Gasteiger partial charge in [-0.2, -0.15) is 0 Å². The van der Waals surface area contributed by atoms with Crippen molar-refractivity contribution in [1.29, 1.82) is 0 Å². The van der Waals surface area contributed by atoms with Gasteiger partial charge in [0, 0.05) is 32.0 Å². The van der Waals surface area contributed by atoms with Crippen molar-refractivity contribution < 1.29 is 22.7 Å². The van der Waals surface area contributed by atoms with E-state index >= 15 is 0 Å². The minimum Gasteiger partial charge on any atom is -0.454 e. The van der Waals surface area contributed by atoms with Crippen LogP contribution in [0.15, 0.2) is 46.5 Å². The van der Waals surface area contributed by atoms with E-state index in [1.54, 1.807) is 24.3 Å². The van der Waals surface area contributed by atoms with Crippen LogP contribution in [0, 0.1) is 0 Å². The van der Waals surface area contributed by atoms with E-state index < -0.39 is 10.0 Å². The number of rotatable bonds is 6. The summed E-state index contributed by atoms with van der Waals surface area (Å²) in [4.78, 5) is 16.3. The number of anilines is 1. The van der Waals surface area contributed by atoms with Crippen LogP contribution in [0.25, 0.3) is 0 Å². The van der Waals surface area contributed by atoms with Gasteiger partial charge in [0.05, 0.1) is 10.8 Å². The fourth-order valence-electron chi connectivity index (χ4n) is 2.13. The smallest absolute Gasteiger partial charge is 0.244 e. The van der Waals surface area contributed by atoms with Crippen LogP contribution in [-0.2, 0) is 14.8 Å². The van der Waals surface area contributed by atoms with Gasteiger partial charge >= 0.3 is 0 Å². The normalized spacial score (nSPS) is 13.0. The predicted molar refractivity (Wildman–Crippen MR) is 97.0 cm³/mol. The van der Waals surface area contributed by atoms with Crippen molar-refractivity contribution in [3.05, 3.63) is 36.5 Å². The molecule has 0 unspecified atom stereocenters. The summed E-state index contributed by atoms with van der Waals surface area (Å²) in [7, 11) is -0.597. The third kappa shape index (κ3) is 4.09.